The van der Waals surface area contributed by atoms with Gasteiger partial charge in [0.1, 0.15) is 0 Å². The Kier molecular flexibility index (Phi) is 6.56. The number of hydrogen-bond acceptors (Lipinski definition) is 2. The normalized spacial score (nSPS) is 11.4. The molecule has 0 bridgehead atoms. The fraction of sp³-hybridized carbons (Fsp3) is 0.304. The second-order valence-corrected chi connectivity index (χ2v) is 7.68. The predicted octanol–water partition coefficient (Wildman–Crippen LogP) is 4.02. The Morgan fingerprint density at radius 2 is 1.59 bits per heavy atom. The van der Waals surface area contributed by atoms with Gasteiger partial charge in [-0.05, 0) is 40.3 Å². The molecule has 0 aliphatic rings. The molecule has 0 unspecified atom stereocenters. The van der Waals surface area contributed by atoms with Gasteiger partial charge in [-0.3, -0.25) is 9.59 Å². The topological polar surface area (TPSA) is 49.4 Å². The lowest BCUT2D eigenvalue weighted by molar-refractivity contribution is -0.125. The summed E-state index contributed by atoms with van der Waals surface area (Å²) in [6.45, 7) is 7.11. The van der Waals surface area contributed by atoms with Crippen LogP contribution in [0.5, 0.6) is 0 Å². The van der Waals surface area contributed by atoms with Crippen molar-refractivity contribution in [1.29, 1.82) is 0 Å². The van der Waals surface area contributed by atoms with Crippen molar-refractivity contribution in [2.24, 2.45) is 0 Å². The minimum Gasteiger partial charge on any atom is -0.355 e. The van der Waals surface area contributed by atoms with Crippen LogP contribution in [0.4, 0.5) is 0 Å². The second-order valence-electron chi connectivity index (χ2n) is 7.68. The zero-order chi connectivity index (χ0) is 20.0. The van der Waals surface area contributed by atoms with Gasteiger partial charge < -0.3 is 10.2 Å². The SMILES string of the molecule is CNC(=O)c1ccc(C=CC(=O)N(C)Cc2ccc(C(C)(C)C)cc2)cc1. The van der Waals surface area contributed by atoms with Crippen LogP contribution in [0, 0.1) is 0 Å². The minimum atomic E-state index is -0.126. The van der Waals surface area contributed by atoms with Crippen LogP contribution in [0.1, 0.15) is 47.8 Å². The Hall–Kier alpha value is -2.88. The summed E-state index contributed by atoms with van der Waals surface area (Å²) in [6, 6.07) is 15.5. The lowest BCUT2D eigenvalue weighted by Crippen LogP contribution is -2.24. The molecule has 0 heterocycles. The molecule has 4 nitrogen and oxygen atoms in total. The van der Waals surface area contributed by atoms with Crippen LogP contribution in [0.15, 0.2) is 54.6 Å². The van der Waals surface area contributed by atoms with Gasteiger partial charge in [0.05, 0.1) is 0 Å². The molecule has 2 rings (SSSR count). The molecule has 142 valence electrons. The number of hydrogen-bond donors (Lipinski definition) is 1. The van der Waals surface area contributed by atoms with Crippen molar-refractivity contribution in [2.45, 2.75) is 32.7 Å². The molecule has 2 amide bonds. The average molecular weight is 364 g/mol. The van der Waals surface area contributed by atoms with Crippen molar-refractivity contribution in [3.05, 3.63) is 76.9 Å². The second kappa shape index (κ2) is 8.67. The Morgan fingerprint density at radius 1 is 1.00 bits per heavy atom. The molecule has 0 aliphatic heterocycles. The first kappa shape index (κ1) is 20.4. The van der Waals surface area contributed by atoms with Gasteiger partial charge in [0.25, 0.3) is 5.91 Å². The highest BCUT2D eigenvalue weighted by molar-refractivity contribution is 5.94. The number of nitrogens with zero attached hydrogens (tertiary/aromatic N) is 1. The summed E-state index contributed by atoms with van der Waals surface area (Å²) in [5.41, 5.74) is 3.97. The van der Waals surface area contributed by atoms with E-state index in [0.29, 0.717) is 12.1 Å². The molecule has 0 saturated heterocycles. The van der Waals surface area contributed by atoms with E-state index in [2.05, 4.69) is 50.4 Å². The maximum absolute atomic E-state index is 12.3. The van der Waals surface area contributed by atoms with E-state index in [0.717, 1.165) is 11.1 Å². The quantitative estimate of drug-likeness (QED) is 0.815. The van der Waals surface area contributed by atoms with E-state index in [4.69, 9.17) is 0 Å². The van der Waals surface area contributed by atoms with Gasteiger partial charge in [-0.1, -0.05) is 57.2 Å². The first-order valence-corrected chi connectivity index (χ1v) is 9.05. The standard InChI is InChI=1S/C23H28N2O2/c1-23(2,3)20-13-8-18(9-14-20)16-25(5)21(26)15-10-17-6-11-19(12-7-17)22(27)24-4/h6-15H,16H2,1-5H3,(H,24,27). The summed E-state index contributed by atoms with van der Waals surface area (Å²) >= 11 is 0. The lowest BCUT2D eigenvalue weighted by Gasteiger charge is -2.20. The number of nitrogens with one attached hydrogen (secondary N) is 1. The monoisotopic (exact) mass is 364 g/mol. The van der Waals surface area contributed by atoms with Gasteiger partial charge in [0.15, 0.2) is 0 Å². The Balaban J connectivity index is 1.96. The summed E-state index contributed by atoms with van der Waals surface area (Å²) in [4.78, 5) is 25.6. The van der Waals surface area contributed by atoms with Crippen molar-refractivity contribution in [1.82, 2.24) is 10.2 Å². The van der Waals surface area contributed by atoms with Gasteiger partial charge in [-0.25, -0.2) is 0 Å². The molecular formula is C23H28N2O2. The van der Waals surface area contributed by atoms with Crippen molar-refractivity contribution in [3.63, 3.8) is 0 Å². The molecule has 1 N–H and O–H groups in total. The number of benzene rings is 2. The van der Waals surface area contributed by atoms with Crippen LogP contribution in [0.2, 0.25) is 0 Å². The average Bonchev–Trinajstić information content (AvgIpc) is 2.65. The van der Waals surface area contributed by atoms with Crippen molar-refractivity contribution in [2.75, 3.05) is 14.1 Å². The van der Waals surface area contributed by atoms with Crippen molar-refractivity contribution in [3.8, 4) is 0 Å². The Labute approximate surface area is 161 Å². The number of carbonyl (C=O) groups excluding carboxylic acids is 2. The zero-order valence-corrected chi connectivity index (χ0v) is 16.7. The molecule has 0 saturated carbocycles. The molecule has 27 heavy (non-hydrogen) atoms. The molecule has 0 spiro atoms. The van der Waals surface area contributed by atoms with Crippen molar-refractivity contribution < 1.29 is 9.59 Å². The molecule has 0 radical (unpaired) electrons. The molecular weight excluding hydrogens is 336 g/mol. The summed E-state index contributed by atoms with van der Waals surface area (Å²) < 4.78 is 0. The van der Waals surface area contributed by atoms with E-state index in [1.807, 2.05) is 12.1 Å². The van der Waals surface area contributed by atoms with E-state index < -0.39 is 0 Å². The Bertz CT molecular complexity index is 813. The third-order valence-electron chi connectivity index (χ3n) is 4.43. The summed E-state index contributed by atoms with van der Waals surface area (Å²) in [5.74, 6) is -0.191. The highest BCUT2D eigenvalue weighted by atomic mass is 16.2. The molecule has 2 aromatic carbocycles. The summed E-state index contributed by atoms with van der Waals surface area (Å²) in [5, 5.41) is 2.58. The van der Waals surface area contributed by atoms with Crippen LogP contribution < -0.4 is 5.32 Å². The molecule has 2 aromatic rings. The zero-order valence-electron chi connectivity index (χ0n) is 16.7. The maximum Gasteiger partial charge on any atom is 0.251 e. The number of amides is 2. The summed E-state index contributed by atoms with van der Waals surface area (Å²) in [6.07, 6.45) is 3.31. The first-order chi connectivity index (χ1) is 12.7. The fourth-order valence-electron chi connectivity index (χ4n) is 2.65. The minimum absolute atomic E-state index is 0.0646. The fourth-order valence-corrected chi connectivity index (χ4v) is 2.65. The third kappa shape index (κ3) is 5.81. The van der Waals surface area contributed by atoms with Crippen LogP contribution in [-0.2, 0) is 16.8 Å². The van der Waals surface area contributed by atoms with Crippen LogP contribution in [0.25, 0.3) is 6.08 Å². The van der Waals surface area contributed by atoms with E-state index in [1.54, 1.807) is 43.3 Å². The predicted molar refractivity (Wildman–Crippen MR) is 110 cm³/mol. The van der Waals surface area contributed by atoms with Crippen LogP contribution in [0.3, 0.4) is 0 Å². The lowest BCUT2D eigenvalue weighted by atomic mass is 9.87. The van der Waals surface area contributed by atoms with E-state index >= 15 is 0 Å². The molecule has 0 fully saturated rings. The van der Waals surface area contributed by atoms with Crippen LogP contribution >= 0.6 is 0 Å². The maximum atomic E-state index is 12.3. The number of carbonyl (C=O) groups is 2. The molecule has 0 aromatic heterocycles. The van der Waals surface area contributed by atoms with Gasteiger partial charge >= 0.3 is 0 Å². The highest BCUT2D eigenvalue weighted by Crippen LogP contribution is 2.22. The molecule has 4 heteroatoms. The smallest absolute Gasteiger partial charge is 0.251 e. The first-order valence-electron chi connectivity index (χ1n) is 9.05. The van der Waals surface area contributed by atoms with Gasteiger partial charge in [-0.15, -0.1) is 0 Å². The Morgan fingerprint density at radius 3 is 2.11 bits per heavy atom. The van der Waals surface area contributed by atoms with Gasteiger partial charge in [-0.2, -0.15) is 0 Å². The van der Waals surface area contributed by atoms with E-state index in [-0.39, 0.29) is 17.2 Å². The van der Waals surface area contributed by atoms with Crippen LogP contribution in [-0.4, -0.2) is 30.8 Å². The van der Waals surface area contributed by atoms with E-state index in [9.17, 15) is 9.59 Å². The van der Waals surface area contributed by atoms with Crippen molar-refractivity contribution >= 4 is 17.9 Å². The highest BCUT2D eigenvalue weighted by Gasteiger charge is 2.13. The third-order valence-corrected chi connectivity index (χ3v) is 4.43. The van der Waals surface area contributed by atoms with E-state index in [1.165, 1.54) is 5.56 Å². The number of rotatable bonds is 5. The molecule has 0 atom stereocenters. The number of likely N-dealkylation sites (N-methyl/N-ethyl adjacent to an activating group) is 1. The molecule has 0 aliphatic carbocycles. The summed E-state index contributed by atoms with van der Waals surface area (Å²) in [7, 11) is 3.39. The largest absolute Gasteiger partial charge is 0.355 e. The van der Waals surface area contributed by atoms with Gasteiger partial charge in [0.2, 0.25) is 5.91 Å². The van der Waals surface area contributed by atoms with Gasteiger partial charge in [0, 0.05) is 32.3 Å².